The molecule has 1 rings (SSSR count). The molecule has 94 valence electrons. The molecule has 0 aromatic heterocycles. The highest BCUT2D eigenvalue weighted by atomic mass is 16.2. The Bertz CT molecular complexity index is 216. The normalized spacial score (nSPS) is 22.1. The minimum Gasteiger partial charge on any atom is -0.342 e. The van der Waals surface area contributed by atoms with Crippen molar-refractivity contribution in [3.05, 3.63) is 0 Å². The average Bonchev–Trinajstić information content (AvgIpc) is 2.28. The number of piperidine rings is 1. The molecule has 1 aliphatic rings. The predicted octanol–water partition coefficient (Wildman–Crippen LogP) is 0.539. The van der Waals surface area contributed by atoms with Gasteiger partial charge in [0.15, 0.2) is 0 Å². The van der Waals surface area contributed by atoms with Crippen LogP contribution in [0.4, 0.5) is 0 Å². The molecule has 1 heterocycles. The van der Waals surface area contributed by atoms with Gasteiger partial charge in [0.25, 0.3) is 0 Å². The van der Waals surface area contributed by atoms with Crippen LogP contribution in [-0.4, -0.2) is 61.5 Å². The van der Waals surface area contributed by atoms with Gasteiger partial charge in [0.2, 0.25) is 5.91 Å². The van der Waals surface area contributed by atoms with Gasteiger partial charge in [-0.2, -0.15) is 0 Å². The second-order valence-electron chi connectivity index (χ2n) is 4.55. The Kier molecular flexibility index (Phi) is 5.77. The van der Waals surface area contributed by atoms with Crippen molar-refractivity contribution in [3.63, 3.8) is 0 Å². The Morgan fingerprint density at radius 1 is 1.44 bits per heavy atom. The van der Waals surface area contributed by atoms with Gasteiger partial charge in [0.05, 0.1) is 6.54 Å². The molecule has 16 heavy (non-hydrogen) atoms. The third-order valence-corrected chi connectivity index (χ3v) is 3.28. The monoisotopic (exact) mass is 227 g/mol. The van der Waals surface area contributed by atoms with Crippen molar-refractivity contribution < 1.29 is 4.79 Å². The van der Waals surface area contributed by atoms with Crippen LogP contribution in [0.15, 0.2) is 0 Å². The third kappa shape index (κ3) is 4.10. The molecule has 1 fully saturated rings. The molecule has 0 radical (unpaired) electrons. The van der Waals surface area contributed by atoms with E-state index in [0.717, 1.165) is 19.6 Å². The molecule has 1 unspecified atom stereocenters. The minimum absolute atomic E-state index is 0.221. The van der Waals surface area contributed by atoms with Gasteiger partial charge in [-0.1, -0.05) is 0 Å². The van der Waals surface area contributed by atoms with Crippen molar-refractivity contribution in [1.29, 1.82) is 0 Å². The van der Waals surface area contributed by atoms with E-state index < -0.39 is 0 Å². The van der Waals surface area contributed by atoms with E-state index >= 15 is 0 Å². The number of hydrogen-bond donors (Lipinski definition) is 1. The van der Waals surface area contributed by atoms with Gasteiger partial charge in [0, 0.05) is 25.7 Å². The van der Waals surface area contributed by atoms with Crippen molar-refractivity contribution in [2.75, 3.05) is 39.8 Å². The Labute approximate surface area is 99.0 Å². The first-order chi connectivity index (χ1) is 7.67. The van der Waals surface area contributed by atoms with Crippen molar-refractivity contribution in [3.8, 4) is 0 Å². The topological polar surface area (TPSA) is 35.6 Å². The lowest BCUT2D eigenvalue weighted by atomic mass is 10.1. The quantitative estimate of drug-likeness (QED) is 0.744. The first-order valence-electron chi connectivity index (χ1n) is 6.37. The first kappa shape index (κ1) is 13.5. The summed E-state index contributed by atoms with van der Waals surface area (Å²) in [7, 11) is 2.14. The highest BCUT2D eigenvalue weighted by molar-refractivity contribution is 5.78. The summed E-state index contributed by atoms with van der Waals surface area (Å²) < 4.78 is 0. The molecule has 0 aliphatic carbocycles. The molecule has 1 saturated heterocycles. The van der Waals surface area contributed by atoms with Gasteiger partial charge in [-0.3, -0.25) is 4.79 Å². The average molecular weight is 227 g/mol. The molecular formula is C12H25N3O. The van der Waals surface area contributed by atoms with Crippen LogP contribution in [0.25, 0.3) is 0 Å². The maximum Gasteiger partial charge on any atom is 0.236 e. The fourth-order valence-electron chi connectivity index (χ4n) is 2.25. The van der Waals surface area contributed by atoms with Crippen LogP contribution in [-0.2, 0) is 4.79 Å². The molecule has 1 amide bonds. The summed E-state index contributed by atoms with van der Waals surface area (Å²) in [5, 5.41) is 3.37. The van der Waals surface area contributed by atoms with Crippen LogP contribution < -0.4 is 5.32 Å². The van der Waals surface area contributed by atoms with Gasteiger partial charge in [-0.15, -0.1) is 0 Å². The Balaban J connectivity index is 2.25. The number of carbonyl (C=O) groups is 1. The molecule has 4 heteroatoms. The Hall–Kier alpha value is -0.610. The van der Waals surface area contributed by atoms with Crippen LogP contribution >= 0.6 is 0 Å². The Morgan fingerprint density at radius 3 is 2.69 bits per heavy atom. The highest BCUT2D eigenvalue weighted by Gasteiger charge is 2.18. The lowest BCUT2D eigenvalue weighted by molar-refractivity contribution is -0.130. The van der Waals surface area contributed by atoms with Crippen LogP contribution in [0.3, 0.4) is 0 Å². The molecule has 1 N–H and O–H groups in total. The van der Waals surface area contributed by atoms with Crippen molar-refractivity contribution in [1.82, 2.24) is 15.1 Å². The lowest BCUT2D eigenvalue weighted by Gasteiger charge is -2.30. The number of rotatable bonds is 5. The van der Waals surface area contributed by atoms with Gasteiger partial charge < -0.3 is 15.1 Å². The maximum absolute atomic E-state index is 11.8. The number of nitrogens with zero attached hydrogens (tertiary/aromatic N) is 2. The lowest BCUT2D eigenvalue weighted by Crippen LogP contribution is -2.48. The van der Waals surface area contributed by atoms with E-state index in [1.165, 1.54) is 19.4 Å². The van der Waals surface area contributed by atoms with Crippen LogP contribution in [0.2, 0.25) is 0 Å². The number of amides is 1. The summed E-state index contributed by atoms with van der Waals surface area (Å²) in [6, 6.07) is 0.485. The highest BCUT2D eigenvalue weighted by Crippen LogP contribution is 2.07. The molecule has 0 saturated carbocycles. The van der Waals surface area contributed by atoms with E-state index in [9.17, 15) is 4.79 Å². The van der Waals surface area contributed by atoms with Gasteiger partial charge in [-0.05, 0) is 40.3 Å². The van der Waals surface area contributed by atoms with E-state index in [-0.39, 0.29) is 5.91 Å². The zero-order valence-corrected chi connectivity index (χ0v) is 10.8. The predicted molar refractivity (Wildman–Crippen MR) is 66.4 cm³/mol. The molecule has 4 nitrogen and oxygen atoms in total. The second-order valence-corrected chi connectivity index (χ2v) is 4.55. The van der Waals surface area contributed by atoms with Crippen LogP contribution in [0.1, 0.15) is 26.7 Å². The minimum atomic E-state index is 0.221. The third-order valence-electron chi connectivity index (χ3n) is 3.28. The van der Waals surface area contributed by atoms with E-state index in [4.69, 9.17) is 0 Å². The summed E-state index contributed by atoms with van der Waals surface area (Å²) in [6.45, 7) is 8.39. The van der Waals surface area contributed by atoms with E-state index in [2.05, 4.69) is 17.3 Å². The van der Waals surface area contributed by atoms with Crippen LogP contribution in [0, 0.1) is 0 Å². The summed E-state index contributed by atoms with van der Waals surface area (Å²) in [6.07, 6.45) is 2.42. The fraction of sp³-hybridized carbons (Fsp3) is 0.917. The summed E-state index contributed by atoms with van der Waals surface area (Å²) >= 11 is 0. The summed E-state index contributed by atoms with van der Waals surface area (Å²) in [5.74, 6) is 0.221. The van der Waals surface area contributed by atoms with E-state index in [1.807, 2.05) is 18.7 Å². The smallest absolute Gasteiger partial charge is 0.236 e. The fourth-order valence-corrected chi connectivity index (χ4v) is 2.25. The standard InChI is InChI=1S/C12H25N3O/c1-4-15(5-2)12(16)9-13-11-7-6-8-14(3)10-11/h11,13H,4-10H2,1-3H3. The molecule has 0 bridgehead atoms. The molecule has 0 aromatic carbocycles. The van der Waals surface area contributed by atoms with Crippen molar-refractivity contribution >= 4 is 5.91 Å². The SMILES string of the molecule is CCN(CC)C(=O)CNC1CCCN(C)C1. The zero-order valence-electron chi connectivity index (χ0n) is 10.8. The van der Waals surface area contributed by atoms with Crippen molar-refractivity contribution in [2.45, 2.75) is 32.7 Å². The second kappa shape index (κ2) is 6.86. The molecule has 0 spiro atoms. The first-order valence-corrected chi connectivity index (χ1v) is 6.37. The largest absolute Gasteiger partial charge is 0.342 e. The number of hydrogen-bond acceptors (Lipinski definition) is 3. The Morgan fingerprint density at radius 2 is 2.12 bits per heavy atom. The van der Waals surface area contributed by atoms with E-state index in [0.29, 0.717) is 12.6 Å². The summed E-state index contributed by atoms with van der Waals surface area (Å²) in [5.41, 5.74) is 0. The van der Waals surface area contributed by atoms with Crippen molar-refractivity contribution in [2.24, 2.45) is 0 Å². The maximum atomic E-state index is 11.8. The number of carbonyl (C=O) groups excluding carboxylic acids is 1. The molecule has 1 atom stereocenters. The number of likely N-dealkylation sites (tertiary alicyclic amines) is 1. The van der Waals surface area contributed by atoms with Gasteiger partial charge >= 0.3 is 0 Å². The molecule has 0 aromatic rings. The number of nitrogens with one attached hydrogen (secondary N) is 1. The zero-order chi connectivity index (χ0) is 12.0. The molecule has 1 aliphatic heterocycles. The van der Waals surface area contributed by atoms with Gasteiger partial charge in [0.1, 0.15) is 0 Å². The molecular weight excluding hydrogens is 202 g/mol. The van der Waals surface area contributed by atoms with Crippen LogP contribution in [0.5, 0.6) is 0 Å². The van der Waals surface area contributed by atoms with Gasteiger partial charge in [-0.25, -0.2) is 0 Å². The van der Waals surface area contributed by atoms with E-state index in [1.54, 1.807) is 0 Å². The number of likely N-dealkylation sites (N-methyl/N-ethyl adjacent to an activating group) is 2. The summed E-state index contributed by atoms with van der Waals surface area (Å²) in [4.78, 5) is 16.0.